The molecule has 0 aromatic heterocycles. The maximum atomic E-state index is 3.97. The van der Waals surface area contributed by atoms with Crippen molar-refractivity contribution < 1.29 is 0 Å². The van der Waals surface area contributed by atoms with Crippen molar-refractivity contribution in [1.29, 1.82) is 0 Å². The first kappa shape index (κ1) is 11.6. The number of nitrogens with one attached hydrogen (secondary N) is 2. The molecular weight excluding hydrogens is 184 g/mol. The van der Waals surface area contributed by atoms with E-state index in [1.807, 2.05) is 30.3 Å². The standard InChI is InChI=1S/C13H20N2/c1-3-4-6-9-12(2)14-15-13-10-7-5-8-11-13/h5,7-8,10-11,14-15H,2-4,6,9H2,1H3. The molecule has 1 rings (SSSR count). The van der Waals surface area contributed by atoms with Crippen molar-refractivity contribution in [3.05, 3.63) is 42.6 Å². The van der Waals surface area contributed by atoms with E-state index in [1.54, 1.807) is 0 Å². The highest BCUT2D eigenvalue weighted by Crippen LogP contribution is 2.06. The third kappa shape index (κ3) is 5.11. The Balaban J connectivity index is 2.17. The lowest BCUT2D eigenvalue weighted by molar-refractivity contribution is 0.690. The Morgan fingerprint density at radius 1 is 1.20 bits per heavy atom. The number of anilines is 1. The van der Waals surface area contributed by atoms with Crippen molar-refractivity contribution in [2.75, 3.05) is 5.43 Å². The molecule has 82 valence electrons. The van der Waals surface area contributed by atoms with E-state index in [0.717, 1.165) is 17.8 Å². The summed E-state index contributed by atoms with van der Waals surface area (Å²) in [6, 6.07) is 10.0. The molecule has 0 unspecified atom stereocenters. The third-order valence-electron chi connectivity index (χ3n) is 2.24. The Kier molecular flexibility index (Phi) is 5.38. The largest absolute Gasteiger partial charge is 0.306 e. The number of allylic oxidation sites excluding steroid dienone is 1. The summed E-state index contributed by atoms with van der Waals surface area (Å²) >= 11 is 0. The quantitative estimate of drug-likeness (QED) is 0.523. The second kappa shape index (κ2) is 6.93. The first-order valence-corrected chi connectivity index (χ1v) is 5.57. The lowest BCUT2D eigenvalue weighted by Crippen LogP contribution is -2.20. The van der Waals surface area contributed by atoms with E-state index in [-0.39, 0.29) is 0 Å². The number of hydrogen-bond donors (Lipinski definition) is 2. The molecule has 15 heavy (non-hydrogen) atoms. The molecule has 0 aliphatic rings. The summed E-state index contributed by atoms with van der Waals surface area (Å²) in [5.74, 6) is 0. The molecule has 2 nitrogen and oxygen atoms in total. The van der Waals surface area contributed by atoms with Crippen LogP contribution in [0.2, 0.25) is 0 Å². The van der Waals surface area contributed by atoms with Crippen LogP contribution in [-0.2, 0) is 0 Å². The molecular formula is C13H20N2. The molecule has 0 aliphatic heterocycles. The second-order valence-corrected chi connectivity index (χ2v) is 3.68. The topological polar surface area (TPSA) is 24.1 Å². The van der Waals surface area contributed by atoms with E-state index in [2.05, 4.69) is 24.4 Å². The SMILES string of the molecule is C=C(CCCCC)NNc1ccccc1. The summed E-state index contributed by atoms with van der Waals surface area (Å²) in [7, 11) is 0. The van der Waals surface area contributed by atoms with Crippen LogP contribution in [0.5, 0.6) is 0 Å². The van der Waals surface area contributed by atoms with Crippen molar-refractivity contribution in [3.8, 4) is 0 Å². The molecule has 1 aromatic carbocycles. The average Bonchev–Trinajstić information content (AvgIpc) is 2.28. The van der Waals surface area contributed by atoms with Crippen LogP contribution in [0.3, 0.4) is 0 Å². The molecule has 0 amide bonds. The summed E-state index contributed by atoms with van der Waals surface area (Å²) in [4.78, 5) is 0. The van der Waals surface area contributed by atoms with Crippen LogP contribution in [0.1, 0.15) is 32.6 Å². The fourth-order valence-corrected chi connectivity index (χ4v) is 1.33. The first-order valence-electron chi connectivity index (χ1n) is 5.57. The van der Waals surface area contributed by atoms with Gasteiger partial charge < -0.3 is 10.9 Å². The van der Waals surface area contributed by atoms with Gasteiger partial charge in [-0.3, -0.25) is 0 Å². The van der Waals surface area contributed by atoms with Gasteiger partial charge in [-0.1, -0.05) is 44.5 Å². The Morgan fingerprint density at radius 2 is 1.93 bits per heavy atom. The number of hydrazine groups is 1. The Hall–Kier alpha value is -1.44. The minimum absolute atomic E-state index is 1.04. The van der Waals surface area contributed by atoms with Gasteiger partial charge >= 0.3 is 0 Å². The van der Waals surface area contributed by atoms with Crippen LogP contribution in [0.4, 0.5) is 5.69 Å². The molecule has 0 bridgehead atoms. The summed E-state index contributed by atoms with van der Waals surface area (Å²) in [5, 5.41) is 0. The van der Waals surface area contributed by atoms with E-state index in [4.69, 9.17) is 0 Å². The Morgan fingerprint density at radius 3 is 2.60 bits per heavy atom. The summed E-state index contributed by atoms with van der Waals surface area (Å²) < 4.78 is 0. The summed E-state index contributed by atoms with van der Waals surface area (Å²) in [6.45, 7) is 6.17. The third-order valence-corrected chi connectivity index (χ3v) is 2.24. The van der Waals surface area contributed by atoms with Gasteiger partial charge in [0.2, 0.25) is 0 Å². The average molecular weight is 204 g/mol. The van der Waals surface area contributed by atoms with E-state index < -0.39 is 0 Å². The van der Waals surface area contributed by atoms with Crippen molar-refractivity contribution in [2.24, 2.45) is 0 Å². The molecule has 0 radical (unpaired) electrons. The minimum Gasteiger partial charge on any atom is -0.306 e. The monoisotopic (exact) mass is 204 g/mol. The molecule has 0 fully saturated rings. The first-order chi connectivity index (χ1) is 7.33. The lowest BCUT2D eigenvalue weighted by atomic mass is 10.2. The number of para-hydroxylation sites is 1. The zero-order valence-corrected chi connectivity index (χ0v) is 9.42. The zero-order chi connectivity index (χ0) is 10.9. The van der Waals surface area contributed by atoms with Crippen molar-refractivity contribution >= 4 is 5.69 Å². The van der Waals surface area contributed by atoms with Gasteiger partial charge in [-0.2, -0.15) is 0 Å². The molecule has 1 aromatic rings. The van der Waals surface area contributed by atoms with Gasteiger partial charge in [0.05, 0.1) is 5.69 Å². The highest BCUT2D eigenvalue weighted by atomic mass is 15.4. The molecule has 0 aliphatic carbocycles. The minimum atomic E-state index is 1.04. The van der Waals surface area contributed by atoms with Gasteiger partial charge in [-0.05, 0) is 25.0 Å². The van der Waals surface area contributed by atoms with Crippen molar-refractivity contribution in [1.82, 2.24) is 5.43 Å². The van der Waals surface area contributed by atoms with Crippen molar-refractivity contribution in [3.63, 3.8) is 0 Å². The van der Waals surface area contributed by atoms with Crippen LogP contribution in [0, 0.1) is 0 Å². The number of hydrogen-bond acceptors (Lipinski definition) is 2. The lowest BCUT2D eigenvalue weighted by Gasteiger charge is -2.11. The van der Waals surface area contributed by atoms with Crippen molar-refractivity contribution in [2.45, 2.75) is 32.6 Å². The molecule has 0 atom stereocenters. The molecule has 0 saturated carbocycles. The second-order valence-electron chi connectivity index (χ2n) is 3.68. The van der Waals surface area contributed by atoms with E-state index in [0.29, 0.717) is 0 Å². The van der Waals surface area contributed by atoms with E-state index in [9.17, 15) is 0 Å². The Bertz CT molecular complexity index is 280. The van der Waals surface area contributed by atoms with Gasteiger partial charge in [-0.25, -0.2) is 0 Å². The molecule has 0 heterocycles. The predicted molar refractivity (Wildman–Crippen MR) is 66.5 cm³/mol. The Labute approximate surface area is 92.4 Å². The summed E-state index contributed by atoms with van der Waals surface area (Å²) in [5.41, 5.74) is 8.35. The summed E-state index contributed by atoms with van der Waals surface area (Å²) in [6.07, 6.45) is 4.76. The van der Waals surface area contributed by atoms with E-state index in [1.165, 1.54) is 19.3 Å². The van der Waals surface area contributed by atoms with Crippen LogP contribution >= 0.6 is 0 Å². The normalized spacial score (nSPS) is 9.67. The van der Waals surface area contributed by atoms with Crippen LogP contribution in [0.25, 0.3) is 0 Å². The fraction of sp³-hybridized carbons (Fsp3) is 0.385. The van der Waals surface area contributed by atoms with Gasteiger partial charge in [0.15, 0.2) is 0 Å². The maximum Gasteiger partial charge on any atom is 0.0539 e. The number of unbranched alkanes of at least 4 members (excludes halogenated alkanes) is 2. The zero-order valence-electron chi connectivity index (χ0n) is 9.42. The van der Waals surface area contributed by atoms with Gasteiger partial charge in [-0.15, -0.1) is 0 Å². The van der Waals surface area contributed by atoms with Crippen LogP contribution in [0.15, 0.2) is 42.6 Å². The van der Waals surface area contributed by atoms with Crippen LogP contribution < -0.4 is 10.9 Å². The maximum absolute atomic E-state index is 3.97. The molecule has 0 saturated heterocycles. The number of rotatable bonds is 7. The smallest absolute Gasteiger partial charge is 0.0539 e. The van der Waals surface area contributed by atoms with Gasteiger partial charge in [0.25, 0.3) is 0 Å². The predicted octanol–water partition coefficient (Wildman–Crippen LogP) is 3.70. The van der Waals surface area contributed by atoms with Gasteiger partial charge in [0, 0.05) is 5.70 Å². The molecule has 0 spiro atoms. The highest BCUT2D eigenvalue weighted by Gasteiger charge is 1.93. The van der Waals surface area contributed by atoms with Crippen LogP contribution in [-0.4, -0.2) is 0 Å². The molecule has 2 heteroatoms. The number of benzene rings is 1. The molecule has 2 N–H and O–H groups in total. The van der Waals surface area contributed by atoms with E-state index >= 15 is 0 Å². The van der Waals surface area contributed by atoms with Gasteiger partial charge in [0.1, 0.15) is 0 Å². The highest BCUT2D eigenvalue weighted by molar-refractivity contribution is 5.41. The fourth-order valence-electron chi connectivity index (χ4n) is 1.33.